The van der Waals surface area contributed by atoms with Crippen LogP contribution >= 0.6 is 0 Å². The van der Waals surface area contributed by atoms with E-state index in [-0.39, 0.29) is 13.0 Å². The molecule has 0 aromatic heterocycles. The van der Waals surface area contributed by atoms with Crippen LogP contribution in [0.5, 0.6) is 0 Å². The first-order valence-electron chi connectivity index (χ1n) is 19.7. The summed E-state index contributed by atoms with van der Waals surface area (Å²) in [4.78, 5) is 53.7. The molecule has 13 nitrogen and oxygen atoms in total. The SMILES string of the molecule is CC(=O)O[C@@H]1C2=C(C)[C@@H](OC(=O)[C@H](O)[C@@H](NC(=O)c3ccccc3)c3ccccc3)C[C@@](O)([C@@H](C)[C@@H]3[C@]4(OC(C)=O)CO[C@@H]4C[C@@H]4OC(C)(C)O[C@@H]1[C@]43C)C2(C)C. The van der Waals surface area contributed by atoms with Gasteiger partial charge in [-0.05, 0) is 55.5 Å². The van der Waals surface area contributed by atoms with Crippen molar-refractivity contribution in [3.63, 3.8) is 0 Å². The van der Waals surface area contributed by atoms with Gasteiger partial charge < -0.3 is 44.0 Å². The molecule has 2 aromatic carbocycles. The van der Waals surface area contributed by atoms with Gasteiger partial charge in [0.25, 0.3) is 5.91 Å². The summed E-state index contributed by atoms with van der Waals surface area (Å²) in [6, 6.07) is 15.9. The maximum Gasteiger partial charge on any atom is 0.338 e. The number of ether oxygens (including phenoxy) is 6. The van der Waals surface area contributed by atoms with E-state index in [0.717, 1.165) is 0 Å². The summed E-state index contributed by atoms with van der Waals surface area (Å²) in [5.41, 5.74) is -3.22. The van der Waals surface area contributed by atoms with Crippen LogP contribution in [-0.2, 0) is 42.8 Å². The molecule has 12 atom stereocenters. The Hall–Kier alpha value is -4.14. The Balaban J connectivity index is 1.34. The van der Waals surface area contributed by atoms with E-state index in [1.807, 2.05) is 27.7 Å². The Labute approximate surface area is 333 Å². The molecule has 3 N–H and O–H groups in total. The van der Waals surface area contributed by atoms with E-state index in [4.69, 9.17) is 28.4 Å². The fourth-order valence-corrected chi connectivity index (χ4v) is 11.2. The summed E-state index contributed by atoms with van der Waals surface area (Å²) < 4.78 is 38.5. The third kappa shape index (κ3) is 6.50. The van der Waals surface area contributed by atoms with Crippen LogP contribution in [0.15, 0.2) is 71.8 Å². The maximum absolute atomic E-state index is 14.3. The molecule has 2 saturated carbocycles. The van der Waals surface area contributed by atoms with Gasteiger partial charge in [0.2, 0.25) is 0 Å². The molecule has 2 aromatic rings. The molecule has 13 heteroatoms. The summed E-state index contributed by atoms with van der Waals surface area (Å²) in [5.74, 6) is -5.16. The first kappa shape index (κ1) is 41.0. The molecule has 2 heterocycles. The van der Waals surface area contributed by atoms with Gasteiger partial charge in [0.15, 0.2) is 23.6 Å². The summed E-state index contributed by atoms with van der Waals surface area (Å²) in [7, 11) is 0. The van der Waals surface area contributed by atoms with Gasteiger partial charge in [-0.3, -0.25) is 14.4 Å². The first-order valence-corrected chi connectivity index (χ1v) is 19.7. The van der Waals surface area contributed by atoms with E-state index in [9.17, 15) is 29.4 Å². The van der Waals surface area contributed by atoms with Crippen molar-refractivity contribution >= 4 is 23.8 Å². The van der Waals surface area contributed by atoms with Crippen LogP contribution < -0.4 is 5.32 Å². The minimum absolute atomic E-state index is 0.0708. The summed E-state index contributed by atoms with van der Waals surface area (Å²) in [6.07, 6.45) is -5.83. The summed E-state index contributed by atoms with van der Waals surface area (Å²) in [5, 5.41) is 28.0. The zero-order valence-corrected chi connectivity index (χ0v) is 34.1. The van der Waals surface area contributed by atoms with Crippen LogP contribution in [0, 0.1) is 22.7 Å². The lowest BCUT2D eigenvalue weighted by atomic mass is 9.42. The minimum atomic E-state index is -1.86. The molecule has 2 aliphatic heterocycles. The predicted molar refractivity (Wildman–Crippen MR) is 204 cm³/mol. The van der Waals surface area contributed by atoms with Gasteiger partial charge in [-0.2, -0.15) is 0 Å². The van der Waals surface area contributed by atoms with Crippen molar-refractivity contribution in [3.05, 3.63) is 82.9 Å². The third-order valence-corrected chi connectivity index (χ3v) is 13.7. The average Bonchev–Trinajstić information content (AvgIpc) is 3.14. The minimum Gasteiger partial charge on any atom is -0.456 e. The number of benzene rings is 2. The topological polar surface area (TPSA) is 176 Å². The van der Waals surface area contributed by atoms with Gasteiger partial charge in [0, 0.05) is 49.0 Å². The van der Waals surface area contributed by atoms with Crippen LogP contribution in [0.3, 0.4) is 0 Å². The van der Waals surface area contributed by atoms with Crippen molar-refractivity contribution in [2.75, 3.05) is 6.61 Å². The van der Waals surface area contributed by atoms with Crippen molar-refractivity contribution in [1.82, 2.24) is 5.32 Å². The number of carbonyl (C=O) groups excluding carboxylic acids is 4. The van der Waals surface area contributed by atoms with Crippen molar-refractivity contribution in [3.8, 4) is 0 Å². The fraction of sp³-hybridized carbons (Fsp3) is 0.591. The fourth-order valence-electron chi connectivity index (χ4n) is 11.2. The zero-order chi connectivity index (χ0) is 41.5. The molecule has 57 heavy (non-hydrogen) atoms. The van der Waals surface area contributed by atoms with Crippen LogP contribution in [0.2, 0.25) is 0 Å². The smallest absolute Gasteiger partial charge is 0.338 e. The molecule has 7 rings (SSSR count). The van der Waals surface area contributed by atoms with Crippen molar-refractivity contribution < 1.29 is 57.8 Å². The monoisotopic (exact) mass is 789 g/mol. The second-order valence-electron chi connectivity index (χ2n) is 17.7. The average molecular weight is 790 g/mol. The number of amides is 1. The molecule has 0 spiro atoms. The molecule has 5 aliphatic rings. The predicted octanol–water partition coefficient (Wildman–Crippen LogP) is 4.74. The molecule has 0 unspecified atom stereocenters. The van der Waals surface area contributed by atoms with Crippen LogP contribution in [0.1, 0.15) is 97.1 Å². The third-order valence-electron chi connectivity index (χ3n) is 13.7. The van der Waals surface area contributed by atoms with Gasteiger partial charge in [-0.25, -0.2) is 4.79 Å². The Bertz CT molecular complexity index is 1950. The van der Waals surface area contributed by atoms with Gasteiger partial charge in [0.05, 0.1) is 24.4 Å². The molecule has 0 radical (unpaired) electrons. The van der Waals surface area contributed by atoms with Crippen LogP contribution in [0.4, 0.5) is 0 Å². The van der Waals surface area contributed by atoms with E-state index in [2.05, 4.69) is 5.32 Å². The number of hydrogen-bond donors (Lipinski definition) is 3. The summed E-state index contributed by atoms with van der Waals surface area (Å²) >= 11 is 0. The molecule has 2 saturated heterocycles. The molecule has 1 amide bonds. The normalized spacial score (nSPS) is 37.0. The molecule has 308 valence electrons. The van der Waals surface area contributed by atoms with E-state index in [1.165, 1.54) is 13.8 Å². The van der Waals surface area contributed by atoms with Crippen LogP contribution in [-0.4, -0.2) is 94.2 Å². The van der Waals surface area contributed by atoms with E-state index >= 15 is 0 Å². The molecule has 2 bridgehead atoms. The van der Waals surface area contributed by atoms with E-state index in [0.29, 0.717) is 28.7 Å². The van der Waals surface area contributed by atoms with Crippen LogP contribution in [0.25, 0.3) is 0 Å². The van der Waals surface area contributed by atoms with Crippen molar-refractivity contribution in [2.24, 2.45) is 22.7 Å². The number of aliphatic hydroxyl groups is 2. The Kier molecular flexibility index (Phi) is 10.3. The highest BCUT2D eigenvalue weighted by atomic mass is 16.7. The largest absolute Gasteiger partial charge is 0.456 e. The van der Waals surface area contributed by atoms with Gasteiger partial charge in [0.1, 0.15) is 18.3 Å². The second kappa shape index (κ2) is 14.3. The van der Waals surface area contributed by atoms with E-state index < -0.39 is 106 Å². The lowest BCUT2D eigenvalue weighted by Crippen LogP contribution is -2.82. The maximum atomic E-state index is 14.3. The van der Waals surface area contributed by atoms with Crippen molar-refractivity contribution in [2.45, 2.75) is 135 Å². The molecule has 3 aliphatic carbocycles. The standard InChI is InChI=1S/C44H55NO12/c1-23-29(54-39(50)34(48)33(27-16-12-10-13-17-27)45-38(49)28-18-14-11-15-19-28)21-44(51)24(2)36-42(9)30(20-31-43(36,22-52-31)55-26(4)47)56-41(7,8)57-37(42)35(53-25(3)46)32(23)40(44,5)6/h10-19,24,29-31,33-37,48,51H,20-22H2,1-9H3,(H,45,49)/t24-,29-,30-,31+,33-,34+,35+,36-,37-,42+,43-,44+/m0/s1. The highest BCUT2D eigenvalue weighted by molar-refractivity contribution is 5.95. The number of nitrogens with one attached hydrogen (secondary N) is 1. The number of rotatable bonds is 8. The zero-order valence-electron chi connectivity index (χ0n) is 34.1. The highest BCUT2D eigenvalue weighted by Gasteiger charge is 2.78. The molecular weight excluding hydrogens is 734 g/mol. The van der Waals surface area contributed by atoms with Gasteiger partial charge in [-0.1, -0.05) is 76.2 Å². The Morgan fingerprint density at radius 2 is 1.51 bits per heavy atom. The number of esters is 3. The second-order valence-corrected chi connectivity index (χ2v) is 17.7. The molecule has 4 fully saturated rings. The van der Waals surface area contributed by atoms with E-state index in [1.54, 1.807) is 81.4 Å². The highest BCUT2D eigenvalue weighted by Crippen LogP contribution is 2.68. The van der Waals surface area contributed by atoms with Gasteiger partial charge in [-0.15, -0.1) is 0 Å². The van der Waals surface area contributed by atoms with Crippen molar-refractivity contribution in [1.29, 1.82) is 0 Å². The molecular formula is C44H55NO12. The number of hydrogen-bond acceptors (Lipinski definition) is 12. The van der Waals surface area contributed by atoms with Gasteiger partial charge >= 0.3 is 17.9 Å². The number of aliphatic hydroxyl groups excluding tert-OH is 1. The lowest BCUT2D eigenvalue weighted by Gasteiger charge is -2.72. The number of fused-ring (bicyclic) bond motifs is 4. The Morgan fingerprint density at radius 3 is 2.09 bits per heavy atom. The quantitative estimate of drug-likeness (QED) is 0.191. The lowest BCUT2D eigenvalue weighted by molar-refractivity contribution is -0.427. The first-order chi connectivity index (χ1) is 26.7. The number of carbonyl (C=O) groups is 4. The summed E-state index contributed by atoms with van der Waals surface area (Å²) in [6.45, 7) is 15.7. The Morgan fingerprint density at radius 1 is 0.877 bits per heavy atom.